The summed E-state index contributed by atoms with van der Waals surface area (Å²) in [5.41, 5.74) is 1.82. The van der Waals surface area contributed by atoms with Gasteiger partial charge in [0.15, 0.2) is 0 Å². The second-order valence-electron chi connectivity index (χ2n) is 4.22. The van der Waals surface area contributed by atoms with E-state index in [0.29, 0.717) is 23.5 Å². The molecule has 1 aromatic carbocycles. The van der Waals surface area contributed by atoms with Crippen molar-refractivity contribution in [3.05, 3.63) is 34.7 Å². The van der Waals surface area contributed by atoms with E-state index >= 15 is 0 Å². The van der Waals surface area contributed by atoms with Gasteiger partial charge in [0.2, 0.25) is 5.89 Å². The standard InChI is InChI=1S/C13H17ClN4O/c1-3-7-15-8-12-17-18-13(19-12)16-11-6-4-5-10(14)9(11)2/h4-6,15H,3,7-8H2,1-2H3,(H,16,18). The Hall–Kier alpha value is -1.59. The molecule has 0 fully saturated rings. The van der Waals surface area contributed by atoms with Crippen molar-refractivity contribution in [2.75, 3.05) is 11.9 Å². The first kappa shape index (κ1) is 13.8. The van der Waals surface area contributed by atoms with Gasteiger partial charge >= 0.3 is 6.01 Å². The number of anilines is 2. The van der Waals surface area contributed by atoms with Crippen LogP contribution >= 0.6 is 11.6 Å². The highest BCUT2D eigenvalue weighted by Crippen LogP contribution is 2.25. The fourth-order valence-corrected chi connectivity index (χ4v) is 1.78. The van der Waals surface area contributed by atoms with Crippen LogP contribution in [0, 0.1) is 6.92 Å². The zero-order chi connectivity index (χ0) is 13.7. The summed E-state index contributed by atoms with van der Waals surface area (Å²) >= 11 is 6.05. The van der Waals surface area contributed by atoms with E-state index in [4.69, 9.17) is 16.0 Å². The zero-order valence-electron chi connectivity index (χ0n) is 11.0. The molecular weight excluding hydrogens is 264 g/mol. The summed E-state index contributed by atoms with van der Waals surface area (Å²) in [4.78, 5) is 0. The number of rotatable bonds is 6. The molecule has 2 N–H and O–H groups in total. The SMILES string of the molecule is CCCNCc1nnc(Nc2cccc(Cl)c2C)o1. The predicted molar refractivity (Wildman–Crippen MR) is 75.8 cm³/mol. The minimum atomic E-state index is 0.374. The quantitative estimate of drug-likeness (QED) is 0.795. The number of halogens is 1. The number of hydrogen-bond acceptors (Lipinski definition) is 5. The fraction of sp³-hybridized carbons (Fsp3) is 0.385. The molecule has 6 heteroatoms. The summed E-state index contributed by atoms with van der Waals surface area (Å²) in [5.74, 6) is 0.565. The van der Waals surface area contributed by atoms with Crippen LogP contribution in [-0.2, 0) is 6.54 Å². The van der Waals surface area contributed by atoms with E-state index in [9.17, 15) is 0 Å². The van der Waals surface area contributed by atoms with Gasteiger partial charge in [0.1, 0.15) is 0 Å². The number of aromatic nitrogens is 2. The highest BCUT2D eigenvalue weighted by Gasteiger charge is 2.08. The van der Waals surface area contributed by atoms with Gasteiger partial charge in [-0.25, -0.2) is 0 Å². The van der Waals surface area contributed by atoms with Crippen LogP contribution in [0.1, 0.15) is 24.8 Å². The first-order valence-electron chi connectivity index (χ1n) is 6.26. The van der Waals surface area contributed by atoms with E-state index in [1.54, 1.807) is 0 Å². The maximum atomic E-state index is 6.05. The fourth-order valence-electron chi connectivity index (χ4n) is 1.61. The number of benzene rings is 1. The topological polar surface area (TPSA) is 63.0 Å². The maximum Gasteiger partial charge on any atom is 0.320 e. The van der Waals surface area contributed by atoms with Crippen LogP contribution in [0.15, 0.2) is 22.6 Å². The van der Waals surface area contributed by atoms with Gasteiger partial charge in [0, 0.05) is 10.7 Å². The summed E-state index contributed by atoms with van der Waals surface area (Å²) in [7, 11) is 0. The molecule has 102 valence electrons. The Kier molecular flexibility index (Phi) is 4.76. The van der Waals surface area contributed by atoms with Crippen molar-refractivity contribution in [3.8, 4) is 0 Å². The molecule has 0 atom stereocenters. The first-order valence-corrected chi connectivity index (χ1v) is 6.63. The van der Waals surface area contributed by atoms with Crippen LogP contribution in [0.2, 0.25) is 5.02 Å². The predicted octanol–water partition coefficient (Wildman–Crippen LogP) is 3.27. The second kappa shape index (κ2) is 6.54. The van der Waals surface area contributed by atoms with Crippen molar-refractivity contribution in [2.24, 2.45) is 0 Å². The molecule has 0 saturated heterocycles. The highest BCUT2D eigenvalue weighted by atomic mass is 35.5. The lowest BCUT2D eigenvalue weighted by Gasteiger charge is -2.06. The van der Waals surface area contributed by atoms with E-state index in [0.717, 1.165) is 24.2 Å². The highest BCUT2D eigenvalue weighted by molar-refractivity contribution is 6.31. The Morgan fingerprint density at radius 3 is 2.95 bits per heavy atom. The van der Waals surface area contributed by atoms with Gasteiger partial charge in [0.25, 0.3) is 0 Å². The molecule has 0 radical (unpaired) electrons. The number of nitrogens with one attached hydrogen (secondary N) is 2. The molecule has 2 rings (SSSR count). The third kappa shape index (κ3) is 3.68. The zero-order valence-corrected chi connectivity index (χ0v) is 11.8. The number of nitrogens with zero attached hydrogens (tertiary/aromatic N) is 2. The van der Waals surface area contributed by atoms with Gasteiger partial charge in [-0.2, -0.15) is 0 Å². The number of hydrogen-bond donors (Lipinski definition) is 2. The molecule has 0 aliphatic carbocycles. The van der Waals surface area contributed by atoms with Gasteiger partial charge in [0.05, 0.1) is 6.54 Å². The average Bonchev–Trinajstić information content (AvgIpc) is 2.83. The minimum absolute atomic E-state index is 0.374. The van der Waals surface area contributed by atoms with E-state index < -0.39 is 0 Å². The molecule has 0 unspecified atom stereocenters. The minimum Gasteiger partial charge on any atom is -0.406 e. The molecule has 0 bridgehead atoms. The molecule has 0 spiro atoms. The Morgan fingerprint density at radius 2 is 2.16 bits per heavy atom. The molecule has 0 aliphatic heterocycles. The lowest BCUT2D eigenvalue weighted by Crippen LogP contribution is -2.13. The van der Waals surface area contributed by atoms with Crippen LogP contribution < -0.4 is 10.6 Å². The molecule has 0 saturated carbocycles. The summed E-state index contributed by atoms with van der Waals surface area (Å²) in [6.07, 6.45) is 1.07. The maximum absolute atomic E-state index is 6.05. The molecule has 0 aliphatic rings. The first-order chi connectivity index (χ1) is 9.20. The van der Waals surface area contributed by atoms with Gasteiger partial charge < -0.3 is 15.1 Å². The van der Waals surface area contributed by atoms with Crippen LogP contribution in [0.4, 0.5) is 11.7 Å². The molecule has 19 heavy (non-hydrogen) atoms. The summed E-state index contributed by atoms with van der Waals surface area (Å²) in [5, 5.41) is 14.9. The van der Waals surface area contributed by atoms with Crippen LogP contribution in [-0.4, -0.2) is 16.7 Å². The van der Waals surface area contributed by atoms with Crippen molar-refractivity contribution in [3.63, 3.8) is 0 Å². The van der Waals surface area contributed by atoms with Gasteiger partial charge in [-0.3, -0.25) is 0 Å². The average molecular weight is 281 g/mol. The summed E-state index contributed by atoms with van der Waals surface area (Å²) in [6.45, 7) is 5.55. The van der Waals surface area contributed by atoms with Gasteiger partial charge in [-0.05, 0) is 37.6 Å². The van der Waals surface area contributed by atoms with Crippen molar-refractivity contribution in [1.29, 1.82) is 0 Å². The third-order valence-corrected chi connectivity index (χ3v) is 3.09. The van der Waals surface area contributed by atoms with E-state index in [2.05, 4.69) is 27.8 Å². The summed E-state index contributed by atoms with van der Waals surface area (Å²) < 4.78 is 5.49. The molecule has 5 nitrogen and oxygen atoms in total. The Labute approximate surface area is 117 Å². The van der Waals surface area contributed by atoms with Gasteiger partial charge in [-0.1, -0.05) is 29.7 Å². The van der Waals surface area contributed by atoms with Crippen molar-refractivity contribution in [2.45, 2.75) is 26.8 Å². The molecule has 1 heterocycles. The van der Waals surface area contributed by atoms with Gasteiger partial charge in [-0.15, -0.1) is 5.10 Å². The van der Waals surface area contributed by atoms with Crippen LogP contribution in [0.5, 0.6) is 0 Å². The smallest absolute Gasteiger partial charge is 0.320 e. The molecule has 1 aromatic heterocycles. The third-order valence-electron chi connectivity index (χ3n) is 2.68. The lowest BCUT2D eigenvalue weighted by molar-refractivity contribution is 0.479. The Balaban J connectivity index is 2.01. The molecule has 2 aromatic rings. The molecular formula is C13H17ClN4O. The summed E-state index contributed by atoms with van der Waals surface area (Å²) in [6, 6.07) is 6.01. The van der Waals surface area contributed by atoms with Crippen molar-refractivity contribution < 1.29 is 4.42 Å². The van der Waals surface area contributed by atoms with Crippen molar-refractivity contribution in [1.82, 2.24) is 15.5 Å². The lowest BCUT2D eigenvalue weighted by atomic mass is 10.2. The second-order valence-corrected chi connectivity index (χ2v) is 4.62. The molecule has 0 amide bonds. The van der Waals surface area contributed by atoms with Crippen molar-refractivity contribution >= 4 is 23.3 Å². The van der Waals surface area contributed by atoms with E-state index in [-0.39, 0.29) is 0 Å². The Bertz CT molecular complexity index is 541. The normalized spacial score (nSPS) is 10.7. The van der Waals surface area contributed by atoms with E-state index in [1.807, 2.05) is 25.1 Å². The largest absolute Gasteiger partial charge is 0.406 e. The van der Waals surface area contributed by atoms with Crippen LogP contribution in [0.3, 0.4) is 0 Å². The van der Waals surface area contributed by atoms with Crippen LogP contribution in [0.25, 0.3) is 0 Å². The monoisotopic (exact) mass is 280 g/mol. The Morgan fingerprint density at radius 1 is 1.32 bits per heavy atom. The van der Waals surface area contributed by atoms with E-state index in [1.165, 1.54) is 0 Å².